The quantitative estimate of drug-likeness (QED) is 0.0912. The number of carboxylic acids is 4. The molecule has 5 heterocycles. The largest absolute Gasteiger partial charge is 0.481 e. The van der Waals surface area contributed by atoms with Crippen molar-refractivity contribution >= 4 is 23.9 Å². The maximum absolute atomic E-state index is 11.6. The van der Waals surface area contributed by atoms with Crippen LogP contribution in [0.4, 0.5) is 0 Å². The number of nitrogens with one attached hydrogen (secondary N) is 4. The number of aromatic amines is 4. The normalized spacial score (nSPS) is 12.8. The third-order valence-electron chi connectivity index (χ3n) is 10.1. The van der Waals surface area contributed by atoms with Crippen LogP contribution in [-0.2, 0) is 70.5 Å². The number of rotatable bonds is 12. The summed E-state index contributed by atoms with van der Waals surface area (Å²) in [6, 6.07) is 0. The molecule has 0 unspecified atom stereocenters. The van der Waals surface area contributed by atoms with Gasteiger partial charge in [-0.15, -0.1) is 0 Å². The van der Waals surface area contributed by atoms with Crippen LogP contribution in [0, 0.1) is 27.7 Å². The summed E-state index contributed by atoms with van der Waals surface area (Å²) in [6.07, 6.45) is 3.07. The summed E-state index contributed by atoms with van der Waals surface area (Å²) in [5.74, 6) is -3.56. The van der Waals surface area contributed by atoms with Crippen LogP contribution in [0.25, 0.3) is 0 Å². The Bertz CT molecular complexity index is 1630. The molecule has 0 amide bonds. The summed E-state index contributed by atoms with van der Waals surface area (Å²) in [7, 11) is 0. The SMILES string of the molecule is Cc1c2[nH]c(c1CCC(=O)O)Cc1[nH]c(c(C)c1CCC(=O)O)Cc1[nH]c(c(CCC(=O)O)c1C)Cc1[nH]c(c(C)c1CCC(=O)O)C2. The Morgan fingerprint density at radius 2 is 0.583 bits per heavy atom. The van der Waals surface area contributed by atoms with Crippen LogP contribution in [0.1, 0.15) is 116 Å². The van der Waals surface area contributed by atoms with E-state index in [0.29, 0.717) is 51.4 Å². The minimum atomic E-state index is -0.891. The van der Waals surface area contributed by atoms with Crippen molar-refractivity contribution in [2.45, 2.75) is 105 Å². The molecule has 1 aliphatic rings. The summed E-state index contributed by atoms with van der Waals surface area (Å²) in [4.78, 5) is 60.9. The molecule has 0 aromatic carbocycles. The van der Waals surface area contributed by atoms with Gasteiger partial charge >= 0.3 is 23.9 Å². The molecule has 0 atom stereocenters. The first-order valence-corrected chi connectivity index (χ1v) is 16.4. The van der Waals surface area contributed by atoms with Crippen LogP contribution < -0.4 is 0 Å². The molecule has 0 fully saturated rings. The monoisotopic (exact) mass is 660 g/mol. The highest BCUT2D eigenvalue weighted by Crippen LogP contribution is 2.33. The summed E-state index contributed by atoms with van der Waals surface area (Å²) < 4.78 is 0. The third kappa shape index (κ3) is 7.27. The molecular weight excluding hydrogens is 616 g/mol. The van der Waals surface area contributed by atoms with Gasteiger partial charge in [-0.25, -0.2) is 0 Å². The van der Waals surface area contributed by atoms with E-state index in [-0.39, 0.29) is 25.7 Å². The van der Waals surface area contributed by atoms with E-state index < -0.39 is 23.9 Å². The summed E-state index contributed by atoms with van der Waals surface area (Å²) in [5, 5.41) is 38.1. The zero-order valence-corrected chi connectivity index (χ0v) is 27.9. The molecule has 256 valence electrons. The minimum Gasteiger partial charge on any atom is -0.481 e. The first-order chi connectivity index (χ1) is 22.7. The number of H-pyrrole nitrogens is 4. The zero-order valence-electron chi connectivity index (χ0n) is 27.9. The van der Waals surface area contributed by atoms with Gasteiger partial charge in [0.15, 0.2) is 0 Å². The Morgan fingerprint density at radius 3 is 0.771 bits per heavy atom. The highest BCUT2D eigenvalue weighted by Gasteiger charge is 2.25. The number of fused-ring (bicyclic) bond motifs is 8. The molecule has 4 aromatic rings. The van der Waals surface area contributed by atoms with Gasteiger partial charge < -0.3 is 40.4 Å². The molecule has 5 rings (SSSR count). The lowest BCUT2D eigenvalue weighted by atomic mass is 9.96. The first kappa shape index (κ1) is 34.3. The lowest BCUT2D eigenvalue weighted by Crippen LogP contribution is -2.04. The van der Waals surface area contributed by atoms with Gasteiger partial charge in [0.2, 0.25) is 0 Å². The Kier molecular flexibility index (Phi) is 10.0. The Hall–Kier alpha value is -5.00. The molecule has 8 N–H and O–H groups in total. The van der Waals surface area contributed by atoms with Gasteiger partial charge in [-0.1, -0.05) is 0 Å². The molecular formula is C36H44N4O8. The van der Waals surface area contributed by atoms with Crippen LogP contribution >= 0.6 is 0 Å². The van der Waals surface area contributed by atoms with Gasteiger partial charge in [-0.05, 0) is 97.9 Å². The predicted octanol–water partition coefficient (Wildman–Crippen LogP) is 4.98. The van der Waals surface area contributed by atoms with E-state index in [1.54, 1.807) is 0 Å². The van der Waals surface area contributed by atoms with Crippen LogP contribution in [0.2, 0.25) is 0 Å². The predicted molar refractivity (Wildman–Crippen MR) is 177 cm³/mol. The zero-order chi connectivity index (χ0) is 34.9. The Morgan fingerprint density at radius 1 is 0.396 bits per heavy atom. The standard InChI is InChI=1S/C36H44N4O8/c1-17-21(5-9-33(41)42)29-15-30-23(7-11-35(45)46)19(3)27(39-30)14-28-20(4)24(8-12-36(47)48)32(40-28)16-31-22(6-10-34(43)44)18(2)26(38-31)13-25(17)37-29/h37-40H,5-16H2,1-4H3,(H,41,42)(H,43,44)(H,45,46)(H,47,48). The molecule has 12 nitrogen and oxygen atoms in total. The van der Waals surface area contributed by atoms with Gasteiger partial charge in [0.25, 0.3) is 0 Å². The number of aliphatic carboxylic acids is 4. The van der Waals surface area contributed by atoms with Gasteiger partial charge in [0, 0.05) is 96.9 Å². The average molecular weight is 661 g/mol. The van der Waals surface area contributed by atoms with Gasteiger partial charge in [-0.3, -0.25) is 19.2 Å². The van der Waals surface area contributed by atoms with Crippen molar-refractivity contribution in [2.75, 3.05) is 0 Å². The molecule has 0 saturated heterocycles. The lowest BCUT2D eigenvalue weighted by molar-refractivity contribution is -0.138. The maximum Gasteiger partial charge on any atom is 0.303 e. The molecule has 0 aliphatic carbocycles. The van der Waals surface area contributed by atoms with Crippen LogP contribution in [-0.4, -0.2) is 64.2 Å². The van der Waals surface area contributed by atoms with Gasteiger partial charge in [0.1, 0.15) is 0 Å². The third-order valence-corrected chi connectivity index (χ3v) is 10.1. The molecule has 12 heteroatoms. The highest BCUT2D eigenvalue weighted by atomic mass is 16.4. The van der Waals surface area contributed by atoms with Crippen LogP contribution in [0.15, 0.2) is 0 Å². The van der Waals surface area contributed by atoms with Gasteiger partial charge in [0.05, 0.1) is 0 Å². The first-order valence-electron chi connectivity index (χ1n) is 16.4. The number of hydrogen-bond acceptors (Lipinski definition) is 4. The van der Waals surface area contributed by atoms with Crippen LogP contribution in [0.3, 0.4) is 0 Å². The highest BCUT2D eigenvalue weighted by molar-refractivity contribution is 5.69. The molecule has 0 radical (unpaired) electrons. The second-order valence-electron chi connectivity index (χ2n) is 13.0. The lowest BCUT2D eigenvalue weighted by Gasteiger charge is -2.07. The molecule has 0 saturated carbocycles. The number of aromatic nitrogens is 4. The Labute approximate surface area is 278 Å². The topological polar surface area (TPSA) is 212 Å². The van der Waals surface area contributed by atoms with Crippen molar-refractivity contribution in [3.8, 4) is 0 Å². The maximum atomic E-state index is 11.6. The summed E-state index contributed by atoms with van der Waals surface area (Å²) >= 11 is 0. The average Bonchev–Trinajstić information content (AvgIpc) is 3.66. The number of carboxylic acid groups (broad SMARTS) is 4. The fourth-order valence-electron chi connectivity index (χ4n) is 7.34. The molecule has 0 spiro atoms. The van der Waals surface area contributed by atoms with Crippen molar-refractivity contribution in [1.82, 2.24) is 19.9 Å². The van der Waals surface area contributed by atoms with E-state index in [1.165, 1.54) is 0 Å². The van der Waals surface area contributed by atoms with Crippen molar-refractivity contribution in [2.24, 2.45) is 0 Å². The fourth-order valence-corrected chi connectivity index (χ4v) is 7.34. The van der Waals surface area contributed by atoms with Crippen LogP contribution in [0.5, 0.6) is 0 Å². The fraction of sp³-hybridized carbons (Fsp3) is 0.444. The number of hydrogen-bond donors (Lipinski definition) is 8. The van der Waals surface area contributed by atoms with E-state index >= 15 is 0 Å². The molecule has 48 heavy (non-hydrogen) atoms. The Balaban J connectivity index is 1.71. The second kappa shape index (κ2) is 14.0. The molecule has 4 aromatic heterocycles. The van der Waals surface area contributed by atoms with Crippen molar-refractivity contribution in [3.63, 3.8) is 0 Å². The van der Waals surface area contributed by atoms with E-state index in [0.717, 1.165) is 90.1 Å². The van der Waals surface area contributed by atoms with Gasteiger partial charge in [-0.2, -0.15) is 0 Å². The van der Waals surface area contributed by atoms with E-state index in [4.69, 9.17) is 0 Å². The smallest absolute Gasteiger partial charge is 0.303 e. The van der Waals surface area contributed by atoms with Crippen molar-refractivity contribution < 1.29 is 39.6 Å². The number of carbonyl (C=O) groups is 4. The van der Waals surface area contributed by atoms with Crippen molar-refractivity contribution in [3.05, 3.63) is 90.1 Å². The molecule has 1 aliphatic heterocycles. The second-order valence-corrected chi connectivity index (χ2v) is 13.0. The summed E-state index contributed by atoms with van der Waals surface area (Å²) in [6.45, 7) is 7.94. The molecule has 8 bridgehead atoms. The van der Waals surface area contributed by atoms with E-state index in [9.17, 15) is 39.6 Å². The summed E-state index contributed by atoms with van der Waals surface area (Å²) in [5.41, 5.74) is 14.8. The van der Waals surface area contributed by atoms with E-state index in [1.807, 2.05) is 27.7 Å². The van der Waals surface area contributed by atoms with E-state index in [2.05, 4.69) is 19.9 Å². The van der Waals surface area contributed by atoms with Crippen molar-refractivity contribution in [1.29, 1.82) is 0 Å². The minimum absolute atomic E-state index is 0.0323.